The Balaban J connectivity index is 1.52. The van der Waals surface area contributed by atoms with Gasteiger partial charge in [0.25, 0.3) is 0 Å². The topological polar surface area (TPSA) is 64.1 Å². The second kappa shape index (κ2) is 6.51. The van der Waals surface area contributed by atoms with Gasteiger partial charge in [-0.3, -0.25) is 0 Å². The molecule has 0 saturated carbocycles. The Morgan fingerprint density at radius 2 is 1.96 bits per heavy atom. The van der Waals surface area contributed by atoms with Crippen LogP contribution in [0.1, 0.15) is 28.4 Å². The van der Waals surface area contributed by atoms with Crippen LogP contribution in [0.25, 0.3) is 10.9 Å². The van der Waals surface area contributed by atoms with E-state index in [0.29, 0.717) is 24.2 Å². The van der Waals surface area contributed by atoms with E-state index in [1.165, 1.54) is 11.1 Å². The molecule has 0 fully saturated rings. The summed E-state index contributed by atoms with van der Waals surface area (Å²) in [5.41, 5.74) is 4.10. The predicted octanol–water partition coefficient (Wildman–Crippen LogP) is 3.39. The number of nitrogens with one attached hydrogen (secondary N) is 1. The van der Waals surface area contributed by atoms with Gasteiger partial charge in [0.15, 0.2) is 0 Å². The number of fused-ring (bicyclic) bond motifs is 2. The Hall–Kier alpha value is -2.95. The van der Waals surface area contributed by atoms with Gasteiger partial charge in [-0.15, -0.1) is 0 Å². The van der Waals surface area contributed by atoms with Gasteiger partial charge >= 0.3 is 5.97 Å². The molecule has 3 aromatic rings. The Morgan fingerprint density at radius 3 is 2.68 bits per heavy atom. The lowest BCUT2D eigenvalue weighted by Crippen LogP contribution is -2.21. The fraction of sp³-hybridized carbons (Fsp3) is 0.250. The van der Waals surface area contributed by atoms with Crippen LogP contribution in [0.2, 0.25) is 0 Å². The molecule has 0 spiro atoms. The van der Waals surface area contributed by atoms with Crippen LogP contribution in [0.4, 0.5) is 5.95 Å². The van der Waals surface area contributed by atoms with Crippen LogP contribution in [0.5, 0.6) is 0 Å². The second-order valence-corrected chi connectivity index (χ2v) is 6.21. The zero-order valence-electron chi connectivity index (χ0n) is 14.0. The third-order valence-corrected chi connectivity index (χ3v) is 4.48. The average Bonchev–Trinajstić information content (AvgIpc) is 3.03. The molecule has 1 aromatic heterocycles. The van der Waals surface area contributed by atoms with Crippen molar-refractivity contribution in [2.24, 2.45) is 0 Å². The summed E-state index contributed by atoms with van der Waals surface area (Å²) < 4.78 is 5.03. The van der Waals surface area contributed by atoms with Gasteiger partial charge in [0.2, 0.25) is 5.95 Å². The molecule has 25 heavy (non-hydrogen) atoms. The maximum atomic E-state index is 11.8. The number of nitrogens with zero attached hydrogens (tertiary/aromatic N) is 2. The molecule has 0 aliphatic heterocycles. The molecule has 5 heteroatoms. The maximum absolute atomic E-state index is 11.8. The molecule has 1 aliphatic rings. The number of benzene rings is 2. The fourth-order valence-corrected chi connectivity index (χ4v) is 3.29. The lowest BCUT2D eigenvalue weighted by molar-refractivity contribution is 0.0526. The summed E-state index contributed by atoms with van der Waals surface area (Å²) in [7, 11) is 0. The molecule has 0 atom stereocenters. The van der Waals surface area contributed by atoms with E-state index in [0.717, 1.165) is 23.7 Å². The zero-order valence-corrected chi connectivity index (χ0v) is 14.0. The van der Waals surface area contributed by atoms with E-state index < -0.39 is 0 Å². The summed E-state index contributed by atoms with van der Waals surface area (Å²) in [6.45, 7) is 2.15. The van der Waals surface area contributed by atoms with Gasteiger partial charge in [0, 0.05) is 17.6 Å². The number of ether oxygens (including phenoxy) is 1. The Kier molecular flexibility index (Phi) is 4.06. The number of hydrogen-bond acceptors (Lipinski definition) is 5. The quantitative estimate of drug-likeness (QED) is 0.742. The number of hydrogen-bond donors (Lipinski definition) is 1. The summed E-state index contributed by atoms with van der Waals surface area (Å²) in [5.74, 6) is 0.296. The third-order valence-electron chi connectivity index (χ3n) is 4.48. The van der Waals surface area contributed by atoms with Crippen LogP contribution < -0.4 is 5.32 Å². The second-order valence-electron chi connectivity index (χ2n) is 6.21. The average molecular weight is 333 g/mol. The lowest BCUT2D eigenvalue weighted by Gasteiger charge is -2.12. The fourth-order valence-electron chi connectivity index (χ4n) is 3.29. The zero-order chi connectivity index (χ0) is 17.2. The van der Waals surface area contributed by atoms with Gasteiger partial charge in [-0.2, -0.15) is 0 Å². The minimum atomic E-state index is -0.324. The van der Waals surface area contributed by atoms with Gasteiger partial charge in [-0.25, -0.2) is 14.8 Å². The van der Waals surface area contributed by atoms with E-state index in [1.807, 2.05) is 6.07 Å². The van der Waals surface area contributed by atoms with Crippen molar-refractivity contribution in [2.75, 3.05) is 11.9 Å². The number of anilines is 1. The molecule has 126 valence electrons. The minimum absolute atomic E-state index is 0.314. The van der Waals surface area contributed by atoms with Crippen molar-refractivity contribution in [3.8, 4) is 0 Å². The minimum Gasteiger partial charge on any atom is -0.462 e. The normalized spacial score (nSPS) is 13.6. The first-order valence-corrected chi connectivity index (χ1v) is 8.50. The van der Waals surface area contributed by atoms with E-state index in [2.05, 4.69) is 39.6 Å². The first kappa shape index (κ1) is 15.6. The van der Waals surface area contributed by atoms with Crippen molar-refractivity contribution in [3.05, 3.63) is 65.4 Å². The SMILES string of the molecule is CCOC(=O)c1ccc2nc(NC3Cc4ccccc4C3)ncc2c1. The Morgan fingerprint density at radius 1 is 1.20 bits per heavy atom. The highest BCUT2D eigenvalue weighted by atomic mass is 16.5. The molecule has 0 unspecified atom stereocenters. The van der Waals surface area contributed by atoms with Gasteiger partial charge < -0.3 is 10.1 Å². The van der Waals surface area contributed by atoms with Crippen molar-refractivity contribution in [1.82, 2.24) is 9.97 Å². The highest BCUT2D eigenvalue weighted by Crippen LogP contribution is 2.24. The molecule has 1 N–H and O–H groups in total. The van der Waals surface area contributed by atoms with Gasteiger partial charge in [-0.05, 0) is 49.1 Å². The van der Waals surface area contributed by atoms with Crippen molar-refractivity contribution in [1.29, 1.82) is 0 Å². The standard InChI is InChI=1S/C20H19N3O2/c1-2-25-19(24)15-7-8-18-16(9-15)12-21-20(23-18)22-17-10-13-5-3-4-6-14(13)11-17/h3-9,12,17H,2,10-11H2,1H3,(H,21,22,23). The maximum Gasteiger partial charge on any atom is 0.338 e. The number of rotatable bonds is 4. The Bertz CT molecular complexity index is 914. The Labute approximate surface area is 146 Å². The van der Waals surface area contributed by atoms with Gasteiger partial charge in [0.1, 0.15) is 0 Å². The van der Waals surface area contributed by atoms with Crippen LogP contribution in [0, 0.1) is 0 Å². The summed E-state index contributed by atoms with van der Waals surface area (Å²) in [5, 5.41) is 4.25. The predicted molar refractivity (Wildman–Crippen MR) is 96.8 cm³/mol. The molecule has 2 aromatic carbocycles. The van der Waals surface area contributed by atoms with Crippen molar-refractivity contribution < 1.29 is 9.53 Å². The van der Waals surface area contributed by atoms with Crippen molar-refractivity contribution in [3.63, 3.8) is 0 Å². The summed E-state index contributed by atoms with van der Waals surface area (Å²) in [6, 6.07) is 14.2. The van der Waals surface area contributed by atoms with E-state index in [4.69, 9.17) is 4.74 Å². The highest BCUT2D eigenvalue weighted by molar-refractivity contribution is 5.94. The molecule has 0 saturated heterocycles. The smallest absolute Gasteiger partial charge is 0.338 e. The number of carbonyl (C=O) groups excluding carboxylic acids is 1. The first-order chi connectivity index (χ1) is 12.2. The van der Waals surface area contributed by atoms with Crippen molar-refractivity contribution in [2.45, 2.75) is 25.8 Å². The molecule has 0 bridgehead atoms. The first-order valence-electron chi connectivity index (χ1n) is 8.50. The van der Waals surface area contributed by atoms with Crippen LogP contribution in [0.15, 0.2) is 48.7 Å². The van der Waals surface area contributed by atoms with Crippen LogP contribution in [-0.2, 0) is 17.6 Å². The largest absolute Gasteiger partial charge is 0.462 e. The molecular formula is C20H19N3O2. The van der Waals surface area contributed by atoms with Crippen LogP contribution in [-0.4, -0.2) is 28.6 Å². The highest BCUT2D eigenvalue weighted by Gasteiger charge is 2.21. The third kappa shape index (κ3) is 3.18. The summed E-state index contributed by atoms with van der Waals surface area (Å²) in [4.78, 5) is 20.8. The molecular weight excluding hydrogens is 314 g/mol. The molecule has 5 nitrogen and oxygen atoms in total. The number of carbonyl (C=O) groups is 1. The molecule has 0 radical (unpaired) electrons. The summed E-state index contributed by atoms with van der Waals surface area (Å²) >= 11 is 0. The summed E-state index contributed by atoms with van der Waals surface area (Å²) in [6.07, 6.45) is 3.72. The van der Waals surface area contributed by atoms with Gasteiger partial charge in [-0.1, -0.05) is 24.3 Å². The molecule has 0 amide bonds. The lowest BCUT2D eigenvalue weighted by atomic mass is 10.1. The van der Waals surface area contributed by atoms with E-state index in [1.54, 1.807) is 25.3 Å². The molecule has 4 rings (SSSR count). The van der Waals surface area contributed by atoms with Crippen molar-refractivity contribution >= 4 is 22.8 Å². The van der Waals surface area contributed by atoms with E-state index in [-0.39, 0.29) is 5.97 Å². The van der Waals surface area contributed by atoms with E-state index >= 15 is 0 Å². The molecule has 1 aliphatic carbocycles. The monoisotopic (exact) mass is 333 g/mol. The number of esters is 1. The van der Waals surface area contributed by atoms with Crippen LogP contribution in [0.3, 0.4) is 0 Å². The van der Waals surface area contributed by atoms with Gasteiger partial charge in [0.05, 0.1) is 17.7 Å². The van der Waals surface area contributed by atoms with Crippen LogP contribution >= 0.6 is 0 Å². The van der Waals surface area contributed by atoms with E-state index in [9.17, 15) is 4.79 Å². The molecule has 1 heterocycles. The number of aromatic nitrogens is 2.